The van der Waals surface area contributed by atoms with Crippen LogP contribution in [0.3, 0.4) is 0 Å². The topological polar surface area (TPSA) is 84.2 Å². The Morgan fingerprint density at radius 1 is 1.06 bits per heavy atom. The number of furan rings is 1. The van der Waals surface area contributed by atoms with E-state index in [9.17, 15) is 9.59 Å². The molecular weight excluding hydrogens is 596 g/mol. The number of esters is 1. The van der Waals surface area contributed by atoms with Crippen LogP contribution in [0.1, 0.15) is 37.6 Å². The van der Waals surface area contributed by atoms with E-state index in [2.05, 4.69) is 31.9 Å². The Labute approximate surface area is 221 Å². The number of allylic oxidation sites excluding steroid dienone is 1. The van der Waals surface area contributed by atoms with Gasteiger partial charge in [0.05, 0.1) is 12.2 Å². The number of ketones is 1. The van der Waals surface area contributed by atoms with Gasteiger partial charge in [-0.2, -0.15) is 0 Å². The Bertz CT molecular complexity index is 1620. The molecule has 9 heteroatoms. The van der Waals surface area contributed by atoms with Gasteiger partial charge in [-0.3, -0.25) is 4.79 Å². The van der Waals surface area contributed by atoms with E-state index < -0.39 is 5.97 Å². The first-order chi connectivity index (χ1) is 17.4. The largest absolute Gasteiger partial charge is 0.467 e. The first kappa shape index (κ1) is 23.0. The fourth-order valence-electron chi connectivity index (χ4n) is 4.27. The molecule has 0 N–H and O–H groups in total. The third kappa shape index (κ3) is 4.13. The van der Waals surface area contributed by atoms with Gasteiger partial charge in [-0.1, -0.05) is 31.9 Å². The Hall–Kier alpha value is -3.40. The van der Waals surface area contributed by atoms with Gasteiger partial charge in [0, 0.05) is 31.5 Å². The Morgan fingerprint density at radius 3 is 2.78 bits per heavy atom. The van der Waals surface area contributed by atoms with Crippen LogP contribution in [-0.2, 0) is 11.3 Å². The average Bonchev–Trinajstić information content (AvgIpc) is 3.39. The third-order valence-electron chi connectivity index (χ3n) is 5.82. The van der Waals surface area contributed by atoms with Crippen molar-refractivity contribution in [1.29, 1.82) is 0 Å². The average molecular weight is 612 g/mol. The number of benzene rings is 3. The molecule has 0 spiro atoms. The predicted molar refractivity (Wildman–Crippen MR) is 137 cm³/mol. The summed E-state index contributed by atoms with van der Waals surface area (Å²) in [5.74, 6) is 0.513. The highest BCUT2D eigenvalue weighted by molar-refractivity contribution is 9.10. The van der Waals surface area contributed by atoms with Crippen molar-refractivity contribution in [2.75, 3.05) is 6.79 Å². The van der Waals surface area contributed by atoms with E-state index >= 15 is 0 Å². The molecule has 3 aromatic carbocycles. The van der Waals surface area contributed by atoms with Crippen molar-refractivity contribution < 1.29 is 33.0 Å². The SMILES string of the molecule is Cc1cc(OC(=O)c2cc3cc(Br)ccc3o2)cc2c1C(=O)/C(=C/c1cc(Br)cc3c1OCOC3)O2. The molecule has 0 atom stereocenters. The van der Waals surface area contributed by atoms with E-state index in [-0.39, 0.29) is 29.8 Å². The highest BCUT2D eigenvalue weighted by Crippen LogP contribution is 2.40. The highest BCUT2D eigenvalue weighted by Gasteiger charge is 2.31. The van der Waals surface area contributed by atoms with Gasteiger partial charge in [-0.25, -0.2) is 4.79 Å². The number of fused-ring (bicyclic) bond motifs is 3. The number of carbonyl (C=O) groups excluding carboxylic acids is 2. The van der Waals surface area contributed by atoms with Crippen molar-refractivity contribution in [3.05, 3.63) is 91.2 Å². The maximum Gasteiger partial charge on any atom is 0.379 e. The summed E-state index contributed by atoms with van der Waals surface area (Å²) < 4.78 is 29.8. The maximum atomic E-state index is 13.2. The number of aryl methyl sites for hydroxylation is 1. The third-order valence-corrected chi connectivity index (χ3v) is 6.77. The van der Waals surface area contributed by atoms with Gasteiger partial charge < -0.3 is 23.4 Å². The van der Waals surface area contributed by atoms with Gasteiger partial charge in [-0.05, 0) is 61.0 Å². The monoisotopic (exact) mass is 610 g/mol. The summed E-state index contributed by atoms with van der Waals surface area (Å²) in [7, 11) is 0. The summed E-state index contributed by atoms with van der Waals surface area (Å²) in [5.41, 5.74) is 3.18. The minimum atomic E-state index is -0.651. The van der Waals surface area contributed by atoms with Gasteiger partial charge in [0.1, 0.15) is 22.8 Å². The first-order valence-corrected chi connectivity index (χ1v) is 12.5. The van der Waals surface area contributed by atoms with E-state index in [0.717, 1.165) is 19.9 Å². The van der Waals surface area contributed by atoms with Crippen LogP contribution < -0.4 is 14.2 Å². The van der Waals surface area contributed by atoms with Crippen LogP contribution in [0.4, 0.5) is 0 Å². The van der Waals surface area contributed by atoms with Gasteiger partial charge in [-0.15, -0.1) is 0 Å². The molecule has 0 saturated heterocycles. The van der Waals surface area contributed by atoms with Crippen LogP contribution in [0.5, 0.6) is 17.2 Å². The van der Waals surface area contributed by atoms with E-state index in [0.29, 0.717) is 40.4 Å². The van der Waals surface area contributed by atoms with Gasteiger partial charge in [0.2, 0.25) is 11.5 Å². The van der Waals surface area contributed by atoms with Crippen LogP contribution in [0, 0.1) is 6.92 Å². The van der Waals surface area contributed by atoms with Gasteiger partial charge in [0.15, 0.2) is 12.6 Å². The van der Waals surface area contributed by atoms with E-state index in [1.165, 1.54) is 6.07 Å². The maximum absolute atomic E-state index is 13.2. The first-order valence-electron chi connectivity index (χ1n) is 10.9. The van der Waals surface area contributed by atoms with Crippen molar-refractivity contribution in [3.63, 3.8) is 0 Å². The number of Topliss-reactive ketones (excluding diaryl/α,β-unsaturated/α-hetero) is 1. The molecule has 6 rings (SSSR count). The molecular formula is C27H16Br2O7. The summed E-state index contributed by atoms with van der Waals surface area (Å²) in [6.07, 6.45) is 1.65. The normalized spacial score (nSPS) is 15.4. The summed E-state index contributed by atoms with van der Waals surface area (Å²) >= 11 is 6.89. The lowest BCUT2D eigenvalue weighted by atomic mass is 10.0. The molecule has 3 heterocycles. The van der Waals surface area contributed by atoms with Crippen LogP contribution in [-0.4, -0.2) is 18.5 Å². The molecule has 0 amide bonds. The molecule has 0 aliphatic carbocycles. The van der Waals surface area contributed by atoms with Crippen LogP contribution in [0.15, 0.2) is 67.7 Å². The molecule has 1 aromatic heterocycles. The Morgan fingerprint density at radius 2 is 1.92 bits per heavy atom. The number of hydrogen-bond donors (Lipinski definition) is 0. The van der Waals surface area contributed by atoms with Crippen LogP contribution >= 0.6 is 31.9 Å². The fraction of sp³-hybridized carbons (Fsp3) is 0.111. The van der Waals surface area contributed by atoms with Crippen molar-refractivity contribution in [2.24, 2.45) is 0 Å². The standard InChI is InChI=1S/C27H16Br2O7/c1-13-4-19(34-27(31)23-8-14-5-17(28)2-3-20(14)35-23)10-21-24(13)25(30)22(36-21)9-15-6-18(29)7-16-11-32-12-33-26(15)16/h2-10H,11-12H2,1H3/b22-9-. The van der Waals surface area contributed by atoms with E-state index in [1.807, 2.05) is 24.3 Å². The number of carbonyl (C=O) groups is 2. The second-order valence-corrected chi connectivity index (χ2v) is 10.2. The zero-order valence-electron chi connectivity index (χ0n) is 18.7. The van der Waals surface area contributed by atoms with Gasteiger partial charge in [0.25, 0.3) is 0 Å². The molecule has 0 bridgehead atoms. The zero-order valence-corrected chi connectivity index (χ0v) is 21.9. The fourth-order valence-corrected chi connectivity index (χ4v) is 5.17. The predicted octanol–water partition coefficient (Wildman–Crippen LogP) is 6.97. The van der Waals surface area contributed by atoms with Crippen LogP contribution in [0.25, 0.3) is 17.0 Å². The van der Waals surface area contributed by atoms with E-state index in [1.54, 1.807) is 31.2 Å². The number of rotatable bonds is 3. The van der Waals surface area contributed by atoms with E-state index in [4.69, 9.17) is 23.4 Å². The molecule has 2 aliphatic rings. The minimum absolute atomic E-state index is 0.0715. The smallest absolute Gasteiger partial charge is 0.379 e. The molecule has 4 aromatic rings. The molecule has 36 heavy (non-hydrogen) atoms. The van der Waals surface area contributed by atoms with Gasteiger partial charge >= 0.3 is 5.97 Å². The summed E-state index contributed by atoms with van der Waals surface area (Å²) in [6, 6.07) is 14.0. The highest BCUT2D eigenvalue weighted by atomic mass is 79.9. The minimum Gasteiger partial charge on any atom is -0.467 e. The van der Waals surface area contributed by atoms with Crippen molar-refractivity contribution in [1.82, 2.24) is 0 Å². The molecule has 0 saturated carbocycles. The van der Waals surface area contributed by atoms with Crippen molar-refractivity contribution >= 4 is 60.7 Å². The molecule has 0 fully saturated rings. The number of ether oxygens (including phenoxy) is 4. The summed E-state index contributed by atoms with van der Waals surface area (Å²) in [5, 5.41) is 0.774. The Kier molecular flexibility index (Phi) is 5.70. The van der Waals surface area contributed by atoms with Crippen molar-refractivity contribution in [3.8, 4) is 17.2 Å². The number of halogens is 2. The lowest BCUT2D eigenvalue weighted by Crippen LogP contribution is -2.12. The Balaban J connectivity index is 1.29. The lowest BCUT2D eigenvalue weighted by Gasteiger charge is -2.20. The number of hydrogen-bond acceptors (Lipinski definition) is 7. The molecule has 180 valence electrons. The lowest BCUT2D eigenvalue weighted by molar-refractivity contribution is -0.0165. The van der Waals surface area contributed by atoms with Crippen LogP contribution in [0.2, 0.25) is 0 Å². The molecule has 7 nitrogen and oxygen atoms in total. The quantitative estimate of drug-likeness (QED) is 0.140. The summed E-state index contributed by atoms with van der Waals surface area (Å²) in [4.78, 5) is 25.9. The van der Waals surface area contributed by atoms with Crippen molar-refractivity contribution in [2.45, 2.75) is 13.5 Å². The molecule has 0 radical (unpaired) electrons. The second-order valence-electron chi connectivity index (χ2n) is 8.33. The zero-order chi connectivity index (χ0) is 25.0. The second kappa shape index (κ2) is 8.92. The molecule has 0 unspecified atom stereocenters. The summed E-state index contributed by atoms with van der Waals surface area (Å²) in [6.45, 7) is 2.31. The molecule has 2 aliphatic heterocycles.